The summed E-state index contributed by atoms with van der Waals surface area (Å²) in [5.74, 6) is 1.28. The van der Waals surface area contributed by atoms with E-state index in [1.807, 2.05) is 30.3 Å². The maximum atomic E-state index is 5.63. The van der Waals surface area contributed by atoms with Crippen LogP contribution in [0.3, 0.4) is 0 Å². The molecule has 0 N–H and O–H groups in total. The van der Waals surface area contributed by atoms with Gasteiger partial charge in [0.15, 0.2) is 0 Å². The summed E-state index contributed by atoms with van der Waals surface area (Å²) in [6.45, 7) is 7.11. The molecule has 0 saturated carbocycles. The van der Waals surface area contributed by atoms with Crippen molar-refractivity contribution in [2.75, 3.05) is 13.7 Å². The van der Waals surface area contributed by atoms with Crippen LogP contribution < -0.4 is 4.74 Å². The molecule has 0 saturated heterocycles. The van der Waals surface area contributed by atoms with E-state index in [9.17, 15) is 0 Å². The van der Waals surface area contributed by atoms with E-state index in [4.69, 9.17) is 9.47 Å². The van der Waals surface area contributed by atoms with Crippen molar-refractivity contribution in [3.63, 3.8) is 0 Å². The van der Waals surface area contributed by atoms with Crippen LogP contribution in [-0.4, -0.2) is 13.7 Å². The zero-order valence-electron chi connectivity index (χ0n) is 10.6. The summed E-state index contributed by atoms with van der Waals surface area (Å²) < 4.78 is 10.7. The number of methoxy groups -OCH3 is 1. The largest absolute Gasteiger partial charge is 0.497 e. The molecule has 0 bridgehead atoms. The topological polar surface area (TPSA) is 18.5 Å². The molecular weight excluding hydrogens is 212 g/mol. The van der Waals surface area contributed by atoms with Crippen LogP contribution in [0, 0.1) is 5.92 Å². The van der Waals surface area contributed by atoms with Crippen LogP contribution in [0.2, 0.25) is 0 Å². The van der Waals surface area contributed by atoms with Crippen molar-refractivity contribution in [1.82, 2.24) is 0 Å². The Balaban J connectivity index is 2.30. The Morgan fingerprint density at radius 3 is 2.59 bits per heavy atom. The van der Waals surface area contributed by atoms with E-state index in [-0.39, 0.29) is 0 Å². The monoisotopic (exact) mass is 232 g/mol. The molecule has 1 aromatic carbocycles. The Bertz CT molecular complexity index is 352. The van der Waals surface area contributed by atoms with Gasteiger partial charge in [-0.2, -0.15) is 0 Å². The quantitative estimate of drug-likeness (QED) is 0.669. The number of ether oxygens (including phenoxy) is 2. The molecule has 0 aliphatic heterocycles. The summed E-state index contributed by atoms with van der Waals surface area (Å²) in [6.07, 6.45) is 5.81. The standard InChI is InChI=1S/C15H20O2/c1-4-5-6-13(2)11-17-12-14-7-9-15(16-3)10-8-14/h4-10,13H,1,11-12H2,2-3H3. The number of hydrogen-bond donors (Lipinski definition) is 0. The first kappa shape index (κ1) is 13.5. The molecule has 1 atom stereocenters. The highest BCUT2D eigenvalue weighted by molar-refractivity contribution is 5.26. The molecule has 0 fully saturated rings. The average Bonchev–Trinajstić information content (AvgIpc) is 2.37. The molecule has 2 nitrogen and oxygen atoms in total. The summed E-state index contributed by atoms with van der Waals surface area (Å²) in [5.41, 5.74) is 1.16. The second-order valence-electron chi connectivity index (χ2n) is 3.96. The fraction of sp³-hybridized carbons (Fsp3) is 0.333. The van der Waals surface area contributed by atoms with Crippen molar-refractivity contribution in [2.24, 2.45) is 5.92 Å². The first-order valence-corrected chi connectivity index (χ1v) is 5.76. The van der Waals surface area contributed by atoms with Crippen LogP contribution in [0.4, 0.5) is 0 Å². The van der Waals surface area contributed by atoms with Crippen molar-refractivity contribution in [3.05, 3.63) is 54.6 Å². The minimum atomic E-state index is 0.409. The zero-order valence-corrected chi connectivity index (χ0v) is 10.6. The number of allylic oxidation sites excluding steroid dienone is 2. The Labute approximate surface area is 104 Å². The fourth-order valence-corrected chi connectivity index (χ4v) is 1.41. The highest BCUT2D eigenvalue weighted by atomic mass is 16.5. The first-order chi connectivity index (χ1) is 8.26. The van der Waals surface area contributed by atoms with Crippen molar-refractivity contribution in [3.8, 4) is 5.75 Å². The molecule has 1 rings (SSSR count). The van der Waals surface area contributed by atoms with Crippen LogP contribution in [0.1, 0.15) is 12.5 Å². The smallest absolute Gasteiger partial charge is 0.118 e. The van der Waals surface area contributed by atoms with Crippen molar-refractivity contribution in [1.29, 1.82) is 0 Å². The molecule has 0 aliphatic carbocycles. The van der Waals surface area contributed by atoms with E-state index in [2.05, 4.69) is 19.6 Å². The summed E-state index contributed by atoms with van der Waals surface area (Å²) >= 11 is 0. The molecule has 1 aromatic rings. The van der Waals surface area contributed by atoms with Gasteiger partial charge in [0.25, 0.3) is 0 Å². The lowest BCUT2D eigenvalue weighted by Crippen LogP contribution is -2.03. The maximum Gasteiger partial charge on any atom is 0.118 e. The summed E-state index contributed by atoms with van der Waals surface area (Å²) in [7, 11) is 1.67. The lowest BCUT2D eigenvalue weighted by molar-refractivity contribution is 0.104. The molecule has 0 radical (unpaired) electrons. The number of hydrogen-bond acceptors (Lipinski definition) is 2. The Kier molecular flexibility index (Phi) is 6.12. The van der Waals surface area contributed by atoms with E-state index < -0.39 is 0 Å². The predicted molar refractivity (Wildman–Crippen MR) is 71.2 cm³/mol. The Morgan fingerprint density at radius 2 is 2.00 bits per heavy atom. The van der Waals surface area contributed by atoms with Crippen molar-refractivity contribution in [2.45, 2.75) is 13.5 Å². The summed E-state index contributed by atoms with van der Waals surface area (Å²) in [5, 5.41) is 0. The molecule has 92 valence electrons. The fourth-order valence-electron chi connectivity index (χ4n) is 1.41. The Morgan fingerprint density at radius 1 is 1.29 bits per heavy atom. The van der Waals surface area contributed by atoms with Gasteiger partial charge in [0.1, 0.15) is 5.75 Å². The zero-order chi connectivity index (χ0) is 12.5. The second-order valence-corrected chi connectivity index (χ2v) is 3.96. The van der Waals surface area contributed by atoms with E-state index in [0.717, 1.165) is 17.9 Å². The van der Waals surface area contributed by atoms with Crippen LogP contribution in [0.25, 0.3) is 0 Å². The van der Waals surface area contributed by atoms with Gasteiger partial charge in [0.2, 0.25) is 0 Å². The Hall–Kier alpha value is -1.54. The molecule has 0 amide bonds. The highest BCUT2D eigenvalue weighted by Crippen LogP contribution is 2.12. The lowest BCUT2D eigenvalue weighted by atomic mass is 10.2. The third-order valence-corrected chi connectivity index (χ3v) is 2.38. The molecule has 17 heavy (non-hydrogen) atoms. The van der Waals surface area contributed by atoms with Crippen LogP contribution in [0.5, 0.6) is 5.75 Å². The second kappa shape index (κ2) is 7.69. The van der Waals surface area contributed by atoms with Gasteiger partial charge < -0.3 is 9.47 Å². The third-order valence-electron chi connectivity index (χ3n) is 2.38. The van der Waals surface area contributed by atoms with Gasteiger partial charge in [-0.3, -0.25) is 0 Å². The van der Waals surface area contributed by atoms with Crippen LogP contribution in [-0.2, 0) is 11.3 Å². The molecule has 2 heteroatoms. The molecule has 0 heterocycles. The van der Waals surface area contributed by atoms with Gasteiger partial charge in [-0.25, -0.2) is 0 Å². The average molecular weight is 232 g/mol. The minimum Gasteiger partial charge on any atom is -0.497 e. The van der Waals surface area contributed by atoms with E-state index in [1.165, 1.54) is 0 Å². The highest BCUT2D eigenvalue weighted by Gasteiger charge is 1.98. The van der Waals surface area contributed by atoms with Gasteiger partial charge in [0, 0.05) is 0 Å². The predicted octanol–water partition coefficient (Wildman–Crippen LogP) is 3.59. The van der Waals surface area contributed by atoms with Gasteiger partial charge in [-0.15, -0.1) is 0 Å². The summed E-state index contributed by atoms with van der Waals surface area (Å²) in [4.78, 5) is 0. The normalized spacial score (nSPS) is 12.6. The number of rotatable bonds is 7. The third kappa shape index (κ3) is 5.36. The molecule has 1 unspecified atom stereocenters. The minimum absolute atomic E-state index is 0.409. The van der Waals surface area contributed by atoms with Gasteiger partial charge in [0.05, 0.1) is 20.3 Å². The molecule has 0 aliphatic rings. The first-order valence-electron chi connectivity index (χ1n) is 5.76. The lowest BCUT2D eigenvalue weighted by Gasteiger charge is -2.08. The van der Waals surface area contributed by atoms with Gasteiger partial charge >= 0.3 is 0 Å². The summed E-state index contributed by atoms with van der Waals surface area (Å²) in [6, 6.07) is 7.92. The van der Waals surface area contributed by atoms with Crippen LogP contribution in [0.15, 0.2) is 49.1 Å². The van der Waals surface area contributed by atoms with Gasteiger partial charge in [-0.05, 0) is 23.6 Å². The molecular formula is C15H20O2. The SMILES string of the molecule is C=CC=CC(C)COCc1ccc(OC)cc1. The van der Waals surface area contributed by atoms with E-state index >= 15 is 0 Å². The maximum absolute atomic E-state index is 5.63. The van der Waals surface area contributed by atoms with E-state index in [1.54, 1.807) is 13.2 Å². The molecule has 0 spiro atoms. The van der Waals surface area contributed by atoms with Crippen molar-refractivity contribution < 1.29 is 9.47 Å². The van der Waals surface area contributed by atoms with Crippen molar-refractivity contribution >= 4 is 0 Å². The molecule has 0 aromatic heterocycles. The van der Waals surface area contributed by atoms with Crippen LogP contribution >= 0.6 is 0 Å². The van der Waals surface area contributed by atoms with E-state index in [0.29, 0.717) is 12.5 Å². The van der Waals surface area contributed by atoms with Gasteiger partial charge in [-0.1, -0.05) is 43.9 Å². The number of benzene rings is 1.